The van der Waals surface area contributed by atoms with Crippen LogP contribution in [0, 0.1) is 6.92 Å². The Morgan fingerprint density at radius 3 is 2.57 bits per heavy atom. The van der Waals surface area contributed by atoms with Crippen LogP contribution in [-0.2, 0) is 6.42 Å². The molecule has 1 aromatic carbocycles. The van der Waals surface area contributed by atoms with E-state index in [4.69, 9.17) is 20.9 Å². The molecule has 4 N–H and O–H groups in total. The second-order valence-corrected chi connectivity index (χ2v) is 5.45. The first-order chi connectivity index (χ1) is 11.0. The number of nitrogens with two attached hydrogens (primary N) is 2. The van der Waals surface area contributed by atoms with Crippen LogP contribution in [0.3, 0.4) is 0 Å². The zero-order chi connectivity index (χ0) is 16.8. The average Bonchev–Trinajstić information content (AvgIpc) is 2.52. The molecule has 0 atom stereocenters. The van der Waals surface area contributed by atoms with E-state index in [1.165, 1.54) is 0 Å². The van der Waals surface area contributed by atoms with Crippen LogP contribution in [0.4, 0.5) is 11.8 Å². The van der Waals surface area contributed by atoms with Gasteiger partial charge in [-0.3, -0.25) is 0 Å². The highest BCUT2D eigenvalue weighted by molar-refractivity contribution is 5.51. The standard InChI is InChI=1S/C17H24N4O2/c1-4-5-6-23-15-9-12(11(2)7-14(15)22-3)8-13-10-20-17(19)21-16(13)18/h7,9-10H,4-6,8H2,1-3H3,(H4,18,19,20,21). The number of methoxy groups -OCH3 is 1. The number of ether oxygens (including phenoxy) is 2. The Morgan fingerprint density at radius 2 is 1.91 bits per heavy atom. The predicted octanol–water partition coefficient (Wildman–Crippen LogP) is 2.73. The fraction of sp³-hybridized carbons (Fsp3) is 0.412. The summed E-state index contributed by atoms with van der Waals surface area (Å²) < 4.78 is 11.3. The normalized spacial score (nSPS) is 10.6. The van der Waals surface area contributed by atoms with Crippen molar-refractivity contribution in [3.05, 3.63) is 35.0 Å². The monoisotopic (exact) mass is 316 g/mol. The molecule has 124 valence electrons. The van der Waals surface area contributed by atoms with Gasteiger partial charge in [0.2, 0.25) is 5.95 Å². The molecular weight excluding hydrogens is 292 g/mol. The van der Waals surface area contributed by atoms with Gasteiger partial charge in [0.25, 0.3) is 0 Å². The number of anilines is 2. The van der Waals surface area contributed by atoms with E-state index in [0.717, 1.165) is 41.0 Å². The summed E-state index contributed by atoms with van der Waals surface area (Å²) in [6.07, 6.45) is 4.37. The van der Waals surface area contributed by atoms with Crippen molar-refractivity contribution in [2.75, 3.05) is 25.2 Å². The molecule has 0 aliphatic carbocycles. The van der Waals surface area contributed by atoms with Gasteiger partial charge in [-0.05, 0) is 36.6 Å². The molecule has 0 aliphatic heterocycles. The van der Waals surface area contributed by atoms with E-state index in [1.54, 1.807) is 13.3 Å². The predicted molar refractivity (Wildman–Crippen MR) is 91.8 cm³/mol. The van der Waals surface area contributed by atoms with E-state index < -0.39 is 0 Å². The summed E-state index contributed by atoms with van der Waals surface area (Å²) in [4.78, 5) is 8.02. The van der Waals surface area contributed by atoms with Crippen LogP contribution < -0.4 is 20.9 Å². The first-order valence-electron chi connectivity index (χ1n) is 7.72. The summed E-state index contributed by atoms with van der Waals surface area (Å²) in [5.41, 5.74) is 14.5. The Kier molecular flexibility index (Phi) is 5.62. The minimum atomic E-state index is 0.182. The van der Waals surface area contributed by atoms with Crippen molar-refractivity contribution in [2.24, 2.45) is 0 Å². The molecule has 0 saturated heterocycles. The van der Waals surface area contributed by atoms with Gasteiger partial charge in [-0.25, -0.2) is 4.98 Å². The summed E-state index contributed by atoms with van der Waals surface area (Å²) in [5.74, 6) is 2.07. The van der Waals surface area contributed by atoms with Crippen molar-refractivity contribution in [3.8, 4) is 11.5 Å². The number of rotatable bonds is 7. The highest BCUT2D eigenvalue weighted by Crippen LogP contribution is 2.32. The Hall–Kier alpha value is -2.50. The molecule has 23 heavy (non-hydrogen) atoms. The molecule has 0 unspecified atom stereocenters. The first kappa shape index (κ1) is 16.9. The van der Waals surface area contributed by atoms with Gasteiger partial charge in [-0.1, -0.05) is 13.3 Å². The number of hydrogen-bond donors (Lipinski definition) is 2. The molecule has 0 spiro atoms. The minimum absolute atomic E-state index is 0.182. The number of nitrogens with zero attached hydrogens (tertiary/aromatic N) is 2. The summed E-state index contributed by atoms with van der Waals surface area (Å²) in [6.45, 7) is 4.83. The maximum atomic E-state index is 5.92. The maximum Gasteiger partial charge on any atom is 0.221 e. The topological polar surface area (TPSA) is 96.3 Å². The van der Waals surface area contributed by atoms with Gasteiger partial charge < -0.3 is 20.9 Å². The van der Waals surface area contributed by atoms with Crippen molar-refractivity contribution in [1.29, 1.82) is 0 Å². The molecule has 2 rings (SSSR count). The van der Waals surface area contributed by atoms with Crippen LogP contribution in [0.25, 0.3) is 0 Å². The lowest BCUT2D eigenvalue weighted by molar-refractivity contribution is 0.288. The Labute approximate surface area is 136 Å². The van der Waals surface area contributed by atoms with Gasteiger partial charge in [0.1, 0.15) is 5.82 Å². The van der Waals surface area contributed by atoms with Gasteiger partial charge in [-0.2, -0.15) is 4.98 Å². The van der Waals surface area contributed by atoms with Gasteiger partial charge in [-0.15, -0.1) is 0 Å². The number of nitrogen functional groups attached to an aromatic ring is 2. The third kappa shape index (κ3) is 4.25. The summed E-state index contributed by atoms with van der Waals surface area (Å²) in [5, 5.41) is 0. The lowest BCUT2D eigenvalue weighted by Crippen LogP contribution is -2.05. The summed E-state index contributed by atoms with van der Waals surface area (Å²) in [7, 11) is 1.65. The van der Waals surface area contributed by atoms with E-state index in [-0.39, 0.29) is 5.95 Å². The highest BCUT2D eigenvalue weighted by atomic mass is 16.5. The number of benzene rings is 1. The van der Waals surface area contributed by atoms with Crippen molar-refractivity contribution < 1.29 is 9.47 Å². The molecule has 0 bridgehead atoms. The third-order valence-corrected chi connectivity index (χ3v) is 3.68. The molecule has 1 aromatic heterocycles. The Bertz CT molecular complexity index is 674. The molecule has 0 amide bonds. The van der Waals surface area contributed by atoms with E-state index in [2.05, 4.69) is 16.9 Å². The number of unbranched alkanes of at least 4 members (excludes halogenated alkanes) is 1. The average molecular weight is 316 g/mol. The van der Waals surface area contributed by atoms with Crippen LogP contribution in [0.2, 0.25) is 0 Å². The quantitative estimate of drug-likeness (QED) is 0.762. The molecule has 1 heterocycles. The van der Waals surface area contributed by atoms with E-state index in [1.807, 2.05) is 19.1 Å². The fourth-order valence-electron chi connectivity index (χ4n) is 2.27. The molecule has 0 aliphatic rings. The highest BCUT2D eigenvalue weighted by Gasteiger charge is 2.12. The van der Waals surface area contributed by atoms with E-state index >= 15 is 0 Å². The van der Waals surface area contributed by atoms with E-state index in [0.29, 0.717) is 18.8 Å². The second kappa shape index (κ2) is 7.67. The summed E-state index contributed by atoms with van der Waals surface area (Å²) in [6, 6.07) is 3.98. The van der Waals surface area contributed by atoms with Crippen molar-refractivity contribution >= 4 is 11.8 Å². The number of aromatic nitrogens is 2. The van der Waals surface area contributed by atoms with Gasteiger partial charge in [0.05, 0.1) is 13.7 Å². The Morgan fingerprint density at radius 1 is 1.13 bits per heavy atom. The SMILES string of the molecule is CCCCOc1cc(Cc2cnc(N)nc2N)c(C)cc1OC. The van der Waals surface area contributed by atoms with Crippen LogP contribution in [0.5, 0.6) is 11.5 Å². The lowest BCUT2D eigenvalue weighted by atomic mass is 10.0. The van der Waals surface area contributed by atoms with Gasteiger partial charge >= 0.3 is 0 Å². The smallest absolute Gasteiger partial charge is 0.221 e. The van der Waals surface area contributed by atoms with E-state index in [9.17, 15) is 0 Å². The number of hydrogen-bond acceptors (Lipinski definition) is 6. The number of aryl methyl sites for hydroxylation is 1. The minimum Gasteiger partial charge on any atom is -0.493 e. The molecule has 6 heteroatoms. The molecule has 2 aromatic rings. The third-order valence-electron chi connectivity index (χ3n) is 3.68. The second-order valence-electron chi connectivity index (χ2n) is 5.45. The molecular formula is C17H24N4O2. The molecule has 0 saturated carbocycles. The van der Waals surface area contributed by atoms with Crippen LogP contribution >= 0.6 is 0 Å². The van der Waals surface area contributed by atoms with Crippen LogP contribution in [0.15, 0.2) is 18.3 Å². The van der Waals surface area contributed by atoms with Gasteiger partial charge in [0, 0.05) is 18.2 Å². The molecule has 6 nitrogen and oxygen atoms in total. The molecule has 0 fully saturated rings. The van der Waals surface area contributed by atoms with Crippen LogP contribution in [-0.4, -0.2) is 23.7 Å². The first-order valence-corrected chi connectivity index (χ1v) is 7.72. The van der Waals surface area contributed by atoms with Crippen molar-refractivity contribution in [2.45, 2.75) is 33.1 Å². The molecule has 0 radical (unpaired) electrons. The van der Waals surface area contributed by atoms with Crippen molar-refractivity contribution in [1.82, 2.24) is 9.97 Å². The fourth-order valence-corrected chi connectivity index (χ4v) is 2.27. The zero-order valence-electron chi connectivity index (χ0n) is 13.9. The maximum absolute atomic E-state index is 5.92. The lowest BCUT2D eigenvalue weighted by Gasteiger charge is -2.15. The largest absolute Gasteiger partial charge is 0.493 e. The Balaban J connectivity index is 2.28. The van der Waals surface area contributed by atoms with Crippen LogP contribution in [0.1, 0.15) is 36.5 Å². The van der Waals surface area contributed by atoms with Gasteiger partial charge in [0.15, 0.2) is 11.5 Å². The summed E-state index contributed by atoms with van der Waals surface area (Å²) >= 11 is 0. The van der Waals surface area contributed by atoms with Crippen molar-refractivity contribution in [3.63, 3.8) is 0 Å². The zero-order valence-corrected chi connectivity index (χ0v) is 13.9.